The molecule has 1 fully saturated rings. The number of hydrogen-bond acceptors (Lipinski definition) is 4. The van der Waals surface area contributed by atoms with Crippen LogP contribution >= 0.6 is 11.8 Å². The number of terminal acetylenes is 1. The number of likely N-dealkylation sites (tertiary alicyclic amines) is 1. The number of hydrogen-bond donors (Lipinski definition) is 0. The molecule has 1 rings (SSSR count). The first kappa shape index (κ1) is 14.8. The fourth-order valence-electron chi connectivity index (χ4n) is 1.82. The van der Waals surface area contributed by atoms with E-state index in [0.29, 0.717) is 19.3 Å². The van der Waals surface area contributed by atoms with Crippen molar-refractivity contribution in [2.45, 2.75) is 37.4 Å². The van der Waals surface area contributed by atoms with Gasteiger partial charge in [-0.2, -0.15) is 11.8 Å². The quantitative estimate of drug-likeness (QED) is 0.395. The Bertz CT molecular complexity index is 386. The van der Waals surface area contributed by atoms with Crippen LogP contribution in [-0.2, 0) is 14.4 Å². The van der Waals surface area contributed by atoms with Gasteiger partial charge < -0.3 is 0 Å². The fourth-order valence-corrected chi connectivity index (χ4v) is 2.46. The van der Waals surface area contributed by atoms with E-state index in [1.165, 1.54) is 16.7 Å². The van der Waals surface area contributed by atoms with Crippen molar-refractivity contribution in [1.82, 2.24) is 4.90 Å². The van der Waals surface area contributed by atoms with Gasteiger partial charge in [0.1, 0.15) is 5.78 Å². The molecule has 0 radical (unpaired) electrons. The van der Waals surface area contributed by atoms with Gasteiger partial charge in [-0.3, -0.25) is 19.3 Å². The topological polar surface area (TPSA) is 54.5 Å². The Kier molecular flexibility index (Phi) is 5.93. The lowest BCUT2D eigenvalue weighted by molar-refractivity contribution is -0.138. The molecule has 4 nitrogen and oxygen atoms in total. The normalized spacial score (nSPS) is 19.1. The Hall–Kier alpha value is -1.28. The second-order valence-corrected chi connectivity index (χ2v) is 5.20. The molecule has 1 heterocycles. The maximum Gasteiger partial charge on any atom is 0.242 e. The van der Waals surface area contributed by atoms with Gasteiger partial charge in [0, 0.05) is 32.2 Å². The van der Waals surface area contributed by atoms with Crippen LogP contribution in [0, 0.1) is 12.3 Å². The molecule has 1 atom stereocenters. The molecule has 98 valence electrons. The average molecular weight is 267 g/mol. The number of unbranched alkanes of at least 4 members (excludes halogenated alkanes) is 1. The van der Waals surface area contributed by atoms with Crippen molar-refractivity contribution >= 4 is 29.4 Å². The van der Waals surface area contributed by atoms with Crippen LogP contribution in [0.5, 0.6) is 0 Å². The van der Waals surface area contributed by atoms with E-state index in [2.05, 4.69) is 5.92 Å². The summed E-state index contributed by atoms with van der Waals surface area (Å²) in [5, 5.41) is -0.269. The van der Waals surface area contributed by atoms with Gasteiger partial charge in [0.05, 0.1) is 5.25 Å². The summed E-state index contributed by atoms with van der Waals surface area (Å²) in [6.45, 7) is 0.212. The van der Waals surface area contributed by atoms with E-state index < -0.39 is 0 Å². The van der Waals surface area contributed by atoms with Gasteiger partial charge in [-0.25, -0.2) is 0 Å². The summed E-state index contributed by atoms with van der Waals surface area (Å²) in [5.74, 6) is 2.19. The van der Waals surface area contributed by atoms with E-state index >= 15 is 0 Å². The molecule has 1 saturated heterocycles. The number of Topliss-reactive ketones (excluding diaryl/α,β-unsaturated/α-hetero) is 1. The number of carbonyl (C=O) groups is 3. The second kappa shape index (κ2) is 7.22. The van der Waals surface area contributed by atoms with Crippen LogP contribution in [0.3, 0.4) is 0 Å². The lowest BCUT2D eigenvalue weighted by Gasteiger charge is -2.13. The molecule has 1 unspecified atom stereocenters. The number of imide groups is 1. The van der Waals surface area contributed by atoms with E-state index in [9.17, 15) is 14.4 Å². The summed E-state index contributed by atoms with van der Waals surface area (Å²) in [7, 11) is 0. The zero-order valence-electron chi connectivity index (χ0n) is 10.5. The summed E-state index contributed by atoms with van der Waals surface area (Å²) in [4.78, 5) is 36.1. The van der Waals surface area contributed by atoms with Gasteiger partial charge in [0.15, 0.2) is 0 Å². The second-order valence-electron chi connectivity index (χ2n) is 4.16. The van der Waals surface area contributed by atoms with Crippen LogP contribution < -0.4 is 0 Å². The third-order valence-electron chi connectivity index (χ3n) is 2.88. The number of thioether (sulfide) groups is 1. The zero-order chi connectivity index (χ0) is 13.5. The number of rotatable bonds is 7. The molecule has 0 saturated carbocycles. The maximum atomic E-state index is 11.8. The summed E-state index contributed by atoms with van der Waals surface area (Å²) in [5.41, 5.74) is 0. The van der Waals surface area contributed by atoms with Crippen LogP contribution in [0.25, 0.3) is 0 Å². The van der Waals surface area contributed by atoms with Crippen molar-refractivity contribution in [2.75, 3.05) is 12.8 Å². The van der Waals surface area contributed by atoms with Gasteiger partial charge in [-0.05, 0) is 12.7 Å². The molecule has 1 aliphatic heterocycles. The highest BCUT2D eigenvalue weighted by atomic mass is 32.2. The Labute approximate surface area is 111 Å². The molecule has 18 heavy (non-hydrogen) atoms. The molecular weight excluding hydrogens is 250 g/mol. The van der Waals surface area contributed by atoms with Crippen molar-refractivity contribution in [2.24, 2.45) is 0 Å². The highest BCUT2D eigenvalue weighted by Gasteiger charge is 2.37. The Morgan fingerprint density at radius 2 is 2.22 bits per heavy atom. The first-order valence-corrected chi connectivity index (χ1v) is 7.21. The highest BCUT2D eigenvalue weighted by molar-refractivity contribution is 8.00. The van der Waals surface area contributed by atoms with Crippen LogP contribution in [0.1, 0.15) is 32.1 Å². The lowest BCUT2D eigenvalue weighted by atomic mass is 10.1. The van der Waals surface area contributed by atoms with Crippen LogP contribution in [0.4, 0.5) is 0 Å². The van der Waals surface area contributed by atoms with Crippen LogP contribution in [0.15, 0.2) is 0 Å². The smallest absolute Gasteiger partial charge is 0.242 e. The minimum Gasteiger partial charge on any atom is -0.300 e. The van der Waals surface area contributed by atoms with E-state index in [0.717, 1.165) is 0 Å². The number of nitrogens with zero attached hydrogens (tertiary/aromatic N) is 1. The average Bonchev–Trinajstić information content (AvgIpc) is 2.62. The molecule has 5 heteroatoms. The largest absolute Gasteiger partial charge is 0.300 e. The molecule has 0 aromatic heterocycles. The van der Waals surface area contributed by atoms with E-state index in [1.807, 2.05) is 6.26 Å². The first-order chi connectivity index (χ1) is 8.60. The molecule has 0 N–H and O–H groups in total. The predicted octanol–water partition coefficient (Wildman–Crippen LogP) is 1.24. The SMILES string of the molecule is C#CCCCC(=O)CCN1C(=O)CC(SC)C1=O. The number of amides is 2. The van der Waals surface area contributed by atoms with Gasteiger partial charge in [0.25, 0.3) is 0 Å². The monoisotopic (exact) mass is 267 g/mol. The number of carbonyl (C=O) groups excluding carboxylic acids is 3. The van der Waals surface area contributed by atoms with Gasteiger partial charge in [-0.1, -0.05) is 0 Å². The van der Waals surface area contributed by atoms with Crippen molar-refractivity contribution < 1.29 is 14.4 Å². The summed E-state index contributed by atoms with van der Waals surface area (Å²) < 4.78 is 0. The summed E-state index contributed by atoms with van der Waals surface area (Å²) in [6, 6.07) is 0. The molecular formula is C13H17NO3S. The Morgan fingerprint density at radius 1 is 1.50 bits per heavy atom. The summed E-state index contributed by atoms with van der Waals surface area (Å²) >= 11 is 1.38. The molecule has 1 aliphatic rings. The van der Waals surface area contributed by atoms with E-state index in [1.54, 1.807) is 0 Å². The van der Waals surface area contributed by atoms with E-state index in [-0.39, 0.29) is 42.2 Å². The van der Waals surface area contributed by atoms with Gasteiger partial charge in [0.2, 0.25) is 11.8 Å². The number of ketones is 1. The minimum absolute atomic E-state index is 0.0541. The van der Waals surface area contributed by atoms with E-state index in [4.69, 9.17) is 6.42 Å². The van der Waals surface area contributed by atoms with Crippen LogP contribution in [0.2, 0.25) is 0 Å². The van der Waals surface area contributed by atoms with Crippen LogP contribution in [-0.4, -0.2) is 40.5 Å². The first-order valence-electron chi connectivity index (χ1n) is 5.92. The maximum absolute atomic E-state index is 11.8. The van der Waals surface area contributed by atoms with Crippen molar-refractivity contribution in [3.8, 4) is 12.3 Å². The van der Waals surface area contributed by atoms with Gasteiger partial charge >= 0.3 is 0 Å². The van der Waals surface area contributed by atoms with Crippen molar-refractivity contribution in [3.05, 3.63) is 0 Å². The highest BCUT2D eigenvalue weighted by Crippen LogP contribution is 2.23. The lowest BCUT2D eigenvalue weighted by Crippen LogP contribution is -2.33. The molecule has 0 bridgehead atoms. The van der Waals surface area contributed by atoms with Crippen molar-refractivity contribution in [3.63, 3.8) is 0 Å². The minimum atomic E-state index is -0.269. The molecule has 0 aromatic carbocycles. The van der Waals surface area contributed by atoms with Gasteiger partial charge in [-0.15, -0.1) is 12.3 Å². The third-order valence-corrected chi connectivity index (χ3v) is 3.82. The Balaban J connectivity index is 2.35. The fraction of sp³-hybridized carbons (Fsp3) is 0.615. The third kappa shape index (κ3) is 3.88. The molecule has 0 aliphatic carbocycles. The molecule has 2 amide bonds. The molecule has 0 aromatic rings. The standard InChI is InChI=1S/C13H17NO3S/c1-3-4-5-6-10(15)7-8-14-12(16)9-11(18-2)13(14)17/h1,11H,4-9H2,2H3. The zero-order valence-corrected chi connectivity index (χ0v) is 11.3. The Morgan fingerprint density at radius 3 is 2.78 bits per heavy atom. The molecule has 0 spiro atoms. The predicted molar refractivity (Wildman–Crippen MR) is 70.9 cm³/mol. The van der Waals surface area contributed by atoms with Crippen molar-refractivity contribution in [1.29, 1.82) is 0 Å². The summed E-state index contributed by atoms with van der Waals surface area (Å²) in [6.07, 6.45) is 9.08.